The number of hydrogen-bond donors (Lipinski definition) is 1. The zero-order valence-electron chi connectivity index (χ0n) is 12.2. The predicted molar refractivity (Wildman–Crippen MR) is 83.0 cm³/mol. The number of halogens is 1. The van der Waals surface area contributed by atoms with E-state index in [1.54, 1.807) is 7.11 Å². The number of methoxy groups -OCH3 is 1. The van der Waals surface area contributed by atoms with E-state index in [-0.39, 0.29) is 12.1 Å². The third kappa shape index (κ3) is 5.03. The average molecular weight is 330 g/mol. The summed E-state index contributed by atoms with van der Waals surface area (Å²) < 4.78 is 12.3. The van der Waals surface area contributed by atoms with E-state index in [0.29, 0.717) is 0 Å². The topological polar surface area (TPSA) is 44.5 Å². The molecule has 0 aliphatic carbocycles. The normalized spacial score (nSPS) is 14.0. The summed E-state index contributed by atoms with van der Waals surface area (Å²) in [6.07, 6.45) is 3.12. The van der Waals surface area contributed by atoms with Crippen LogP contribution in [0.4, 0.5) is 0 Å². The molecule has 0 spiro atoms. The van der Waals surface area contributed by atoms with Crippen LogP contribution in [-0.2, 0) is 6.42 Å². The number of nitrogens with two attached hydrogens (primary N) is 1. The number of rotatable bonds is 7. The summed E-state index contributed by atoms with van der Waals surface area (Å²) in [7, 11) is 1.66. The summed E-state index contributed by atoms with van der Waals surface area (Å²) in [5.74, 6) is 1.53. The maximum absolute atomic E-state index is 5.96. The van der Waals surface area contributed by atoms with Crippen LogP contribution in [0.1, 0.15) is 39.2 Å². The lowest BCUT2D eigenvalue weighted by Gasteiger charge is -2.19. The Balaban J connectivity index is 2.97. The number of ether oxygens (including phenoxy) is 2. The van der Waals surface area contributed by atoms with Crippen LogP contribution in [0.2, 0.25) is 0 Å². The highest BCUT2D eigenvalue weighted by atomic mass is 79.9. The molecular formula is C15H24BrNO2. The van der Waals surface area contributed by atoms with Gasteiger partial charge in [-0.15, -0.1) is 0 Å². The van der Waals surface area contributed by atoms with E-state index < -0.39 is 0 Å². The Kier molecular flexibility index (Phi) is 6.66. The monoisotopic (exact) mass is 329 g/mol. The van der Waals surface area contributed by atoms with Crippen LogP contribution in [0.15, 0.2) is 16.6 Å². The van der Waals surface area contributed by atoms with Gasteiger partial charge in [-0.05, 0) is 60.3 Å². The highest BCUT2D eigenvalue weighted by Crippen LogP contribution is 2.37. The van der Waals surface area contributed by atoms with Gasteiger partial charge in [0.25, 0.3) is 0 Å². The summed E-state index contributed by atoms with van der Waals surface area (Å²) in [5.41, 5.74) is 6.98. The van der Waals surface area contributed by atoms with Crippen molar-refractivity contribution in [3.8, 4) is 11.5 Å². The molecule has 2 atom stereocenters. The minimum atomic E-state index is 0.127. The number of benzene rings is 1. The van der Waals surface area contributed by atoms with E-state index in [0.717, 1.165) is 40.8 Å². The Morgan fingerprint density at radius 3 is 2.53 bits per heavy atom. The Bertz CT molecular complexity index is 407. The van der Waals surface area contributed by atoms with Gasteiger partial charge in [-0.2, -0.15) is 0 Å². The standard InChI is InChI=1S/C15H24BrNO2/c1-5-6-11(3)19-15-13(16)8-12(7-10(2)17)9-14(15)18-4/h8-11H,5-7,17H2,1-4H3. The first-order chi connectivity index (χ1) is 8.97. The van der Waals surface area contributed by atoms with Crippen molar-refractivity contribution < 1.29 is 9.47 Å². The van der Waals surface area contributed by atoms with E-state index in [4.69, 9.17) is 15.2 Å². The second kappa shape index (κ2) is 7.75. The van der Waals surface area contributed by atoms with Crippen LogP contribution in [0, 0.1) is 0 Å². The molecule has 1 rings (SSSR count). The summed E-state index contributed by atoms with van der Waals surface area (Å²) in [4.78, 5) is 0. The second-order valence-electron chi connectivity index (χ2n) is 5.01. The van der Waals surface area contributed by atoms with Crippen molar-refractivity contribution in [2.24, 2.45) is 5.73 Å². The van der Waals surface area contributed by atoms with Gasteiger partial charge in [0.1, 0.15) is 0 Å². The summed E-state index contributed by atoms with van der Waals surface area (Å²) in [5, 5.41) is 0. The van der Waals surface area contributed by atoms with Gasteiger partial charge < -0.3 is 15.2 Å². The van der Waals surface area contributed by atoms with Crippen molar-refractivity contribution in [1.82, 2.24) is 0 Å². The largest absolute Gasteiger partial charge is 0.493 e. The quantitative estimate of drug-likeness (QED) is 0.824. The lowest BCUT2D eigenvalue weighted by Crippen LogP contribution is -2.18. The average Bonchev–Trinajstić information content (AvgIpc) is 2.31. The zero-order chi connectivity index (χ0) is 14.4. The van der Waals surface area contributed by atoms with E-state index in [1.165, 1.54) is 0 Å². The van der Waals surface area contributed by atoms with E-state index in [9.17, 15) is 0 Å². The third-order valence-electron chi connectivity index (χ3n) is 2.86. The third-order valence-corrected chi connectivity index (χ3v) is 3.45. The van der Waals surface area contributed by atoms with Crippen molar-refractivity contribution in [2.75, 3.05) is 7.11 Å². The molecule has 4 heteroatoms. The van der Waals surface area contributed by atoms with Gasteiger partial charge >= 0.3 is 0 Å². The molecule has 0 saturated carbocycles. The zero-order valence-corrected chi connectivity index (χ0v) is 13.8. The van der Waals surface area contributed by atoms with Crippen molar-refractivity contribution in [3.63, 3.8) is 0 Å². The molecule has 0 saturated heterocycles. The molecular weight excluding hydrogens is 306 g/mol. The molecule has 0 fully saturated rings. The smallest absolute Gasteiger partial charge is 0.175 e. The van der Waals surface area contributed by atoms with Crippen molar-refractivity contribution in [3.05, 3.63) is 22.2 Å². The summed E-state index contributed by atoms with van der Waals surface area (Å²) in [6, 6.07) is 4.18. The Morgan fingerprint density at radius 1 is 1.32 bits per heavy atom. The molecule has 0 aliphatic rings. The second-order valence-corrected chi connectivity index (χ2v) is 5.86. The van der Waals surface area contributed by atoms with Crippen LogP contribution in [0.5, 0.6) is 11.5 Å². The molecule has 19 heavy (non-hydrogen) atoms. The van der Waals surface area contributed by atoms with Crippen LogP contribution in [-0.4, -0.2) is 19.3 Å². The van der Waals surface area contributed by atoms with Crippen molar-refractivity contribution in [1.29, 1.82) is 0 Å². The summed E-state index contributed by atoms with van der Waals surface area (Å²) >= 11 is 3.56. The highest BCUT2D eigenvalue weighted by Gasteiger charge is 2.15. The predicted octanol–water partition coefficient (Wildman–Crippen LogP) is 3.91. The maximum Gasteiger partial charge on any atom is 0.175 e. The first kappa shape index (κ1) is 16.3. The first-order valence-electron chi connectivity index (χ1n) is 6.76. The van der Waals surface area contributed by atoms with Gasteiger partial charge in [0.05, 0.1) is 17.7 Å². The molecule has 1 aromatic rings. The lowest BCUT2D eigenvalue weighted by atomic mass is 10.1. The molecule has 3 nitrogen and oxygen atoms in total. The lowest BCUT2D eigenvalue weighted by molar-refractivity contribution is 0.199. The first-order valence-corrected chi connectivity index (χ1v) is 7.55. The van der Waals surface area contributed by atoms with Crippen molar-refractivity contribution >= 4 is 15.9 Å². The summed E-state index contributed by atoms with van der Waals surface area (Å²) in [6.45, 7) is 6.22. The molecule has 108 valence electrons. The minimum absolute atomic E-state index is 0.127. The molecule has 0 aromatic heterocycles. The fourth-order valence-electron chi connectivity index (χ4n) is 2.04. The van der Waals surface area contributed by atoms with Gasteiger partial charge in [0.2, 0.25) is 0 Å². The Labute approximate surface area is 124 Å². The molecule has 2 N–H and O–H groups in total. The molecule has 1 aromatic carbocycles. The van der Waals surface area contributed by atoms with Gasteiger partial charge in [0, 0.05) is 6.04 Å². The molecule has 0 aliphatic heterocycles. The fourth-order valence-corrected chi connectivity index (χ4v) is 2.63. The Morgan fingerprint density at radius 2 is 2.00 bits per heavy atom. The minimum Gasteiger partial charge on any atom is -0.493 e. The molecule has 0 heterocycles. The van der Waals surface area contributed by atoms with Gasteiger partial charge in [-0.25, -0.2) is 0 Å². The molecule has 0 bridgehead atoms. The fraction of sp³-hybridized carbons (Fsp3) is 0.600. The molecule has 2 unspecified atom stereocenters. The van der Waals surface area contributed by atoms with E-state index in [2.05, 4.69) is 35.8 Å². The van der Waals surface area contributed by atoms with E-state index >= 15 is 0 Å². The van der Waals surface area contributed by atoms with Crippen molar-refractivity contribution in [2.45, 2.75) is 52.2 Å². The molecule has 0 amide bonds. The SMILES string of the molecule is CCCC(C)Oc1c(Br)cc(CC(C)N)cc1OC. The van der Waals surface area contributed by atoms with Crippen LogP contribution in [0.25, 0.3) is 0 Å². The van der Waals surface area contributed by atoms with Crippen LogP contribution in [0.3, 0.4) is 0 Å². The van der Waals surface area contributed by atoms with Crippen LogP contribution < -0.4 is 15.2 Å². The maximum atomic E-state index is 5.96. The Hall–Kier alpha value is -0.740. The van der Waals surface area contributed by atoms with E-state index in [1.807, 2.05) is 13.0 Å². The molecule has 0 radical (unpaired) electrons. The van der Waals surface area contributed by atoms with Gasteiger partial charge in [-0.1, -0.05) is 13.3 Å². The highest BCUT2D eigenvalue weighted by molar-refractivity contribution is 9.10. The van der Waals surface area contributed by atoms with Gasteiger partial charge in [0.15, 0.2) is 11.5 Å². The number of hydrogen-bond acceptors (Lipinski definition) is 3. The van der Waals surface area contributed by atoms with Gasteiger partial charge in [-0.3, -0.25) is 0 Å². The van der Waals surface area contributed by atoms with Crippen LogP contribution >= 0.6 is 15.9 Å².